The van der Waals surface area contributed by atoms with Gasteiger partial charge in [0.15, 0.2) is 0 Å². The third-order valence-electron chi connectivity index (χ3n) is 2.57. The van der Waals surface area contributed by atoms with Crippen LogP contribution >= 0.6 is 15.9 Å². The van der Waals surface area contributed by atoms with Crippen molar-refractivity contribution in [2.24, 2.45) is 0 Å². The van der Waals surface area contributed by atoms with E-state index in [1.807, 2.05) is 24.3 Å². The quantitative estimate of drug-likeness (QED) is 0.840. The van der Waals surface area contributed by atoms with Gasteiger partial charge in [-0.25, -0.2) is 4.79 Å². The summed E-state index contributed by atoms with van der Waals surface area (Å²) in [5, 5.41) is 11.5. The third kappa shape index (κ3) is 4.00. The van der Waals surface area contributed by atoms with Crippen LogP contribution in [0, 0.1) is 0 Å². The van der Waals surface area contributed by atoms with Crippen molar-refractivity contribution in [2.45, 2.75) is 20.4 Å². The Labute approximate surface area is 114 Å². The number of amides is 1. The number of halogens is 1. The number of carbonyl (C=O) groups excluding carboxylic acids is 1. The molecule has 18 heavy (non-hydrogen) atoms. The zero-order valence-corrected chi connectivity index (χ0v) is 11.7. The van der Waals surface area contributed by atoms with Crippen molar-refractivity contribution in [1.29, 1.82) is 0 Å². The first-order valence-corrected chi connectivity index (χ1v) is 6.14. The zero-order chi connectivity index (χ0) is 13.7. The number of hydrogen-bond acceptors (Lipinski definition) is 2. The first-order chi connectivity index (χ1) is 8.41. The number of nitrogens with one attached hydrogen (secondary N) is 1. The van der Waals surface area contributed by atoms with Crippen LogP contribution in [0.1, 0.15) is 19.4 Å². The minimum atomic E-state index is -1.08. The van der Waals surface area contributed by atoms with E-state index in [-0.39, 0.29) is 17.1 Å². The second-order valence-corrected chi connectivity index (χ2v) is 4.78. The van der Waals surface area contributed by atoms with Gasteiger partial charge in [0.05, 0.1) is 0 Å². The van der Waals surface area contributed by atoms with Crippen molar-refractivity contribution in [2.75, 3.05) is 0 Å². The summed E-state index contributed by atoms with van der Waals surface area (Å²) in [6, 6.07) is 7.54. The molecular weight excluding hydrogens is 298 g/mol. The molecule has 0 atom stereocenters. The smallest absolute Gasteiger partial charge is 0.331 e. The van der Waals surface area contributed by atoms with Gasteiger partial charge in [-0.15, -0.1) is 0 Å². The maximum atomic E-state index is 11.7. The first kappa shape index (κ1) is 14.4. The minimum Gasteiger partial charge on any atom is -0.478 e. The molecule has 0 saturated carbocycles. The predicted molar refractivity (Wildman–Crippen MR) is 72.0 cm³/mol. The van der Waals surface area contributed by atoms with Gasteiger partial charge in [0, 0.05) is 22.2 Å². The number of carbonyl (C=O) groups is 2. The number of hydrogen-bond donors (Lipinski definition) is 2. The van der Waals surface area contributed by atoms with Gasteiger partial charge in [-0.05, 0) is 31.5 Å². The molecule has 0 bridgehead atoms. The normalized spacial score (nSPS) is 11.7. The van der Waals surface area contributed by atoms with Crippen LogP contribution in [0.5, 0.6) is 0 Å². The van der Waals surface area contributed by atoms with Gasteiger partial charge in [0.25, 0.3) is 0 Å². The van der Waals surface area contributed by atoms with E-state index < -0.39 is 5.97 Å². The van der Waals surface area contributed by atoms with E-state index in [0.29, 0.717) is 6.54 Å². The molecule has 1 aromatic rings. The lowest BCUT2D eigenvalue weighted by Crippen LogP contribution is -2.25. The topological polar surface area (TPSA) is 66.4 Å². The van der Waals surface area contributed by atoms with Crippen LogP contribution in [0.2, 0.25) is 0 Å². The lowest BCUT2D eigenvalue weighted by molar-refractivity contribution is -0.133. The summed E-state index contributed by atoms with van der Waals surface area (Å²) in [6.45, 7) is 3.28. The summed E-state index contributed by atoms with van der Waals surface area (Å²) in [7, 11) is 0. The maximum absolute atomic E-state index is 11.7. The number of carboxylic acid groups (broad SMARTS) is 1. The molecule has 0 fully saturated rings. The average molecular weight is 312 g/mol. The lowest BCUT2D eigenvalue weighted by Gasteiger charge is -2.07. The highest BCUT2D eigenvalue weighted by atomic mass is 79.9. The van der Waals surface area contributed by atoms with Crippen LogP contribution in [-0.2, 0) is 16.1 Å². The van der Waals surface area contributed by atoms with E-state index in [4.69, 9.17) is 5.11 Å². The fourth-order valence-electron chi connectivity index (χ4n) is 1.29. The van der Waals surface area contributed by atoms with E-state index >= 15 is 0 Å². The molecule has 0 aromatic heterocycles. The second kappa shape index (κ2) is 6.35. The summed E-state index contributed by atoms with van der Waals surface area (Å²) in [5.74, 6) is -1.44. The molecule has 0 spiro atoms. The van der Waals surface area contributed by atoms with Crippen molar-refractivity contribution in [3.63, 3.8) is 0 Å². The Kier molecular flexibility index (Phi) is 5.09. The van der Waals surface area contributed by atoms with E-state index in [9.17, 15) is 9.59 Å². The summed E-state index contributed by atoms with van der Waals surface area (Å²) < 4.78 is 0.934. The molecule has 0 unspecified atom stereocenters. The highest BCUT2D eigenvalue weighted by Gasteiger charge is 2.12. The lowest BCUT2D eigenvalue weighted by atomic mass is 10.1. The van der Waals surface area contributed by atoms with Gasteiger partial charge in [-0.1, -0.05) is 28.1 Å². The fourth-order valence-corrected chi connectivity index (χ4v) is 1.74. The molecule has 4 nitrogen and oxygen atoms in total. The van der Waals surface area contributed by atoms with Crippen LogP contribution in [0.4, 0.5) is 0 Å². The predicted octanol–water partition coefficient (Wildman–Crippen LogP) is 2.49. The monoisotopic (exact) mass is 311 g/mol. The molecule has 2 N–H and O–H groups in total. The number of carboxylic acids is 1. The maximum Gasteiger partial charge on any atom is 0.331 e. The Morgan fingerprint density at radius 1 is 1.28 bits per heavy atom. The van der Waals surface area contributed by atoms with Crippen molar-refractivity contribution in [3.05, 3.63) is 45.4 Å². The van der Waals surface area contributed by atoms with Gasteiger partial charge < -0.3 is 10.4 Å². The molecule has 0 heterocycles. The third-order valence-corrected chi connectivity index (χ3v) is 3.06. The van der Waals surface area contributed by atoms with Crippen LogP contribution in [0.15, 0.2) is 39.9 Å². The molecule has 0 aliphatic carbocycles. The molecule has 5 heteroatoms. The molecule has 1 amide bonds. The van der Waals surface area contributed by atoms with E-state index in [0.717, 1.165) is 10.0 Å². The largest absolute Gasteiger partial charge is 0.478 e. The fraction of sp³-hybridized carbons (Fsp3) is 0.231. The summed E-state index contributed by atoms with van der Waals surface area (Å²) in [5.41, 5.74) is 1.22. The summed E-state index contributed by atoms with van der Waals surface area (Å²) in [4.78, 5) is 22.4. The summed E-state index contributed by atoms with van der Waals surface area (Å²) in [6.07, 6.45) is 0. The Balaban J connectivity index is 2.67. The summed E-state index contributed by atoms with van der Waals surface area (Å²) >= 11 is 3.34. The van der Waals surface area contributed by atoms with Crippen molar-refractivity contribution in [1.82, 2.24) is 5.32 Å². The number of benzene rings is 1. The highest BCUT2D eigenvalue weighted by molar-refractivity contribution is 9.10. The van der Waals surface area contributed by atoms with Gasteiger partial charge in [-0.2, -0.15) is 0 Å². The van der Waals surface area contributed by atoms with E-state index in [1.165, 1.54) is 13.8 Å². The molecule has 1 rings (SSSR count). The molecule has 0 saturated heterocycles. The van der Waals surface area contributed by atoms with Gasteiger partial charge in [0.1, 0.15) is 0 Å². The van der Waals surface area contributed by atoms with Gasteiger partial charge >= 0.3 is 5.97 Å². The van der Waals surface area contributed by atoms with Gasteiger partial charge in [0.2, 0.25) is 5.91 Å². The Bertz CT molecular complexity index is 509. The Hall–Kier alpha value is -1.62. The van der Waals surface area contributed by atoms with Crippen LogP contribution in [-0.4, -0.2) is 17.0 Å². The van der Waals surface area contributed by atoms with Gasteiger partial charge in [-0.3, -0.25) is 4.79 Å². The van der Waals surface area contributed by atoms with E-state index in [2.05, 4.69) is 21.2 Å². The molecule has 1 aromatic carbocycles. The Morgan fingerprint density at radius 3 is 2.50 bits per heavy atom. The SMILES string of the molecule is C/C(C(=O)O)=C(\C)C(=O)NCc1cccc(Br)c1. The Morgan fingerprint density at radius 2 is 1.94 bits per heavy atom. The van der Waals surface area contributed by atoms with Crippen molar-refractivity contribution < 1.29 is 14.7 Å². The van der Waals surface area contributed by atoms with Crippen LogP contribution in [0.3, 0.4) is 0 Å². The average Bonchev–Trinajstić information content (AvgIpc) is 2.34. The van der Waals surface area contributed by atoms with Crippen molar-refractivity contribution in [3.8, 4) is 0 Å². The molecule has 0 radical (unpaired) electrons. The second-order valence-electron chi connectivity index (χ2n) is 3.87. The highest BCUT2D eigenvalue weighted by Crippen LogP contribution is 2.11. The molecule has 96 valence electrons. The van der Waals surface area contributed by atoms with Crippen molar-refractivity contribution >= 4 is 27.8 Å². The number of rotatable bonds is 4. The first-order valence-electron chi connectivity index (χ1n) is 5.35. The minimum absolute atomic E-state index is 0.0572. The van der Waals surface area contributed by atoms with E-state index in [1.54, 1.807) is 0 Å². The molecular formula is C13H14BrNO3. The standard InChI is InChI=1S/C13H14BrNO3/c1-8(9(2)13(17)18)12(16)15-7-10-4-3-5-11(14)6-10/h3-6H,7H2,1-2H3,(H,15,16)(H,17,18)/b9-8-. The van der Waals surface area contributed by atoms with Crippen LogP contribution in [0.25, 0.3) is 0 Å². The van der Waals surface area contributed by atoms with Crippen LogP contribution < -0.4 is 5.32 Å². The molecule has 0 aliphatic heterocycles. The zero-order valence-electron chi connectivity index (χ0n) is 10.2. The molecule has 0 aliphatic rings. The number of aliphatic carboxylic acids is 1.